The fourth-order valence-electron chi connectivity index (χ4n) is 0.965. The van der Waals surface area contributed by atoms with E-state index in [0.717, 1.165) is 42.8 Å². The van der Waals surface area contributed by atoms with Crippen molar-refractivity contribution in [1.82, 2.24) is 5.32 Å². The molecule has 0 aromatic heterocycles. The van der Waals surface area contributed by atoms with Crippen LogP contribution < -0.4 is 5.32 Å². The molecule has 0 radical (unpaired) electrons. The van der Waals surface area contributed by atoms with Gasteiger partial charge in [-0.2, -0.15) is 0 Å². The van der Waals surface area contributed by atoms with Crippen molar-refractivity contribution in [3.63, 3.8) is 0 Å². The van der Waals surface area contributed by atoms with Crippen LogP contribution in [-0.2, 0) is 4.79 Å². The van der Waals surface area contributed by atoms with E-state index in [2.05, 4.69) is 5.32 Å². The van der Waals surface area contributed by atoms with Crippen molar-refractivity contribution in [2.45, 2.75) is 12.8 Å². The average molecular weight is 160 g/mol. The molecule has 0 saturated heterocycles. The van der Waals surface area contributed by atoms with E-state index in [1.807, 2.05) is 0 Å². The number of hydrogen-bond acceptors (Lipinski definition) is 2. The molecule has 0 fully saturated rings. The Morgan fingerprint density at radius 2 is 2.10 bits per heavy atom. The van der Waals surface area contributed by atoms with Crippen molar-refractivity contribution in [2.75, 3.05) is 13.1 Å². The molecule has 0 bridgehead atoms. The third-order valence-corrected chi connectivity index (χ3v) is 2.01. The standard InChI is InChI=1S/C7H10ClNO/c8-7-2-4-9-3-1-6(7)5-10/h5,9H,1-4H2. The third kappa shape index (κ3) is 1.82. The molecule has 0 unspecified atom stereocenters. The minimum absolute atomic E-state index is 0.722. The Bertz CT molecular complexity index is 165. The monoisotopic (exact) mass is 159 g/mol. The largest absolute Gasteiger partial charge is 0.316 e. The Hall–Kier alpha value is -0.340. The van der Waals surface area contributed by atoms with E-state index < -0.39 is 0 Å². The third-order valence-electron chi connectivity index (χ3n) is 1.58. The number of carbonyl (C=O) groups is 1. The smallest absolute Gasteiger partial charge is 0.147 e. The predicted octanol–water partition coefficient (Wildman–Crippen LogP) is 1.06. The second-order valence-electron chi connectivity index (χ2n) is 2.30. The van der Waals surface area contributed by atoms with Crippen molar-refractivity contribution in [3.05, 3.63) is 10.6 Å². The minimum Gasteiger partial charge on any atom is -0.316 e. The van der Waals surface area contributed by atoms with Crippen LogP contribution in [0.4, 0.5) is 0 Å². The zero-order chi connectivity index (χ0) is 7.40. The number of aldehydes is 1. The summed E-state index contributed by atoms with van der Waals surface area (Å²) in [6.45, 7) is 1.75. The quantitative estimate of drug-likeness (QED) is 0.580. The molecule has 1 aliphatic heterocycles. The molecule has 0 aromatic carbocycles. The molecule has 0 saturated carbocycles. The number of carbonyl (C=O) groups excluding carboxylic acids is 1. The zero-order valence-electron chi connectivity index (χ0n) is 5.69. The van der Waals surface area contributed by atoms with Crippen molar-refractivity contribution in [1.29, 1.82) is 0 Å². The molecule has 1 heterocycles. The van der Waals surface area contributed by atoms with E-state index in [9.17, 15) is 4.79 Å². The van der Waals surface area contributed by atoms with E-state index >= 15 is 0 Å². The first-order chi connectivity index (χ1) is 4.84. The van der Waals surface area contributed by atoms with E-state index in [0.29, 0.717) is 0 Å². The van der Waals surface area contributed by atoms with Crippen LogP contribution in [0.2, 0.25) is 0 Å². The summed E-state index contributed by atoms with van der Waals surface area (Å²) in [4.78, 5) is 10.4. The summed E-state index contributed by atoms with van der Waals surface area (Å²) in [6.07, 6.45) is 2.41. The van der Waals surface area contributed by atoms with Crippen LogP contribution in [0.3, 0.4) is 0 Å². The molecule has 1 aliphatic rings. The van der Waals surface area contributed by atoms with Crippen LogP contribution in [0.5, 0.6) is 0 Å². The van der Waals surface area contributed by atoms with Crippen molar-refractivity contribution < 1.29 is 4.79 Å². The Morgan fingerprint density at radius 1 is 1.40 bits per heavy atom. The van der Waals surface area contributed by atoms with Crippen molar-refractivity contribution in [3.8, 4) is 0 Å². The molecule has 0 aliphatic carbocycles. The number of halogens is 1. The van der Waals surface area contributed by atoms with Crippen LogP contribution in [-0.4, -0.2) is 19.4 Å². The maximum atomic E-state index is 10.4. The Labute approximate surface area is 65.2 Å². The minimum atomic E-state index is 0.722. The SMILES string of the molecule is O=CC1=C(Cl)CCNCC1. The van der Waals surface area contributed by atoms with Gasteiger partial charge < -0.3 is 5.32 Å². The van der Waals surface area contributed by atoms with Gasteiger partial charge in [0.05, 0.1) is 0 Å². The highest BCUT2D eigenvalue weighted by molar-refractivity contribution is 6.31. The summed E-state index contributed by atoms with van der Waals surface area (Å²) < 4.78 is 0. The highest BCUT2D eigenvalue weighted by atomic mass is 35.5. The Kier molecular flexibility index (Phi) is 2.90. The molecule has 56 valence electrons. The Balaban J connectivity index is 2.67. The van der Waals surface area contributed by atoms with Gasteiger partial charge in [0.2, 0.25) is 0 Å². The molecule has 3 heteroatoms. The lowest BCUT2D eigenvalue weighted by Gasteiger charge is -1.94. The molecule has 10 heavy (non-hydrogen) atoms. The zero-order valence-corrected chi connectivity index (χ0v) is 6.45. The summed E-state index contributed by atoms with van der Waals surface area (Å²) in [5.74, 6) is 0. The molecular weight excluding hydrogens is 150 g/mol. The van der Waals surface area contributed by atoms with Gasteiger partial charge in [-0.05, 0) is 19.4 Å². The average Bonchev–Trinajstić information content (AvgIpc) is 2.13. The fraction of sp³-hybridized carbons (Fsp3) is 0.571. The number of rotatable bonds is 1. The van der Waals surface area contributed by atoms with Gasteiger partial charge >= 0.3 is 0 Å². The normalized spacial score (nSPS) is 20.5. The maximum Gasteiger partial charge on any atom is 0.147 e. The van der Waals surface area contributed by atoms with E-state index in [4.69, 9.17) is 11.6 Å². The molecule has 0 atom stereocenters. The highest BCUT2D eigenvalue weighted by Gasteiger charge is 2.06. The van der Waals surface area contributed by atoms with Gasteiger partial charge in [0.15, 0.2) is 0 Å². The number of nitrogens with one attached hydrogen (secondary N) is 1. The molecule has 0 aromatic rings. The second-order valence-corrected chi connectivity index (χ2v) is 2.75. The number of hydrogen-bond donors (Lipinski definition) is 1. The van der Waals surface area contributed by atoms with Gasteiger partial charge in [0, 0.05) is 17.2 Å². The van der Waals surface area contributed by atoms with E-state index in [1.54, 1.807) is 0 Å². The van der Waals surface area contributed by atoms with Gasteiger partial charge in [0.1, 0.15) is 6.29 Å². The van der Waals surface area contributed by atoms with Crippen molar-refractivity contribution >= 4 is 17.9 Å². The van der Waals surface area contributed by atoms with Crippen LogP contribution in [0.1, 0.15) is 12.8 Å². The first kappa shape index (κ1) is 7.76. The predicted molar refractivity (Wildman–Crippen MR) is 41.0 cm³/mol. The van der Waals surface area contributed by atoms with Gasteiger partial charge in [-0.3, -0.25) is 4.79 Å². The van der Waals surface area contributed by atoms with Crippen LogP contribution >= 0.6 is 11.6 Å². The van der Waals surface area contributed by atoms with Crippen molar-refractivity contribution in [2.24, 2.45) is 0 Å². The van der Waals surface area contributed by atoms with Gasteiger partial charge in [-0.1, -0.05) is 11.6 Å². The van der Waals surface area contributed by atoms with E-state index in [-0.39, 0.29) is 0 Å². The fourth-order valence-corrected chi connectivity index (χ4v) is 1.20. The first-order valence-electron chi connectivity index (χ1n) is 3.38. The van der Waals surface area contributed by atoms with Crippen LogP contribution in [0.25, 0.3) is 0 Å². The summed E-state index contributed by atoms with van der Waals surface area (Å²) in [5, 5.41) is 3.88. The summed E-state index contributed by atoms with van der Waals surface area (Å²) in [7, 11) is 0. The molecule has 0 spiro atoms. The lowest BCUT2D eigenvalue weighted by Crippen LogP contribution is -2.14. The molecule has 2 nitrogen and oxygen atoms in total. The highest BCUT2D eigenvalue weighted by Crippen LogP contribution is 2.16. The van der Waals surface area contributed by atoms with Crippen LogP contribution in [0, 0.1) is 0 Å². The lowest BCUT2D eigenvalue weighted by atomic mass is 10.2. The molecule has 1 rings (SSSR count). The van der Waals surface area contributed by atoms with Crippen LogP contribution in [0.15, 0.2) is 10.6 Å². The lowest BCUT2D eigenvalue weighted by molar-refractivity contribution is -0.105. The van der Waals surface area contributed by atoms with Gasteiger partial charge in [0.25, 0.3) is 0 Å². The molecule has 0 amide bonds. The summed E-state index contributed by atoms with van der Waals surface area (Å²) in [5.41, 5.74) is 0.756. The molecule has 1 N–H and O–H groups in total. The Morgan fingerprint density at radius 3 is 2.80 bits per heavy atom. The maximum absolute atomic E-state index is 10.4. The molecular formula is C7H10ClNO. The summed E-state index contributed by atoms with van der Waals surface area (Å²) >= 11 is 5.80. The van der Waals surface area contributed by atoms with E-state index in [1.165, 1.54) is 0 Å². The topological polar surface area (TPSA) is 29.1 Å². The first-order valence-corrected chi connectivity index (χ1v) is 3.76. The van der Waals surface area contributed by atoms with Gasteiger partial charge in [-0.15, -0.1) is 0 Å². The summed E-state index contributed by atoms with van der Waals surface area (Å²) in [6, 6.07) is 0. The van der Waals surface area contributed by atoms with Gasteiger partial charge in [-0.25, -0.2) is 0 Å². The second kappa shape index (κ2) is 3.74.